The molecular formula is C14H13FN2O2. The lowest BCUT2D eigenvalue weighted by atomic mass is 10.1. The average Bonchev–Trinajstić information content (AvgIpc) is 2.41. The second-order valence-corrected chi connectivity index (χ2v) is 4.02. The van der Waals surface area contributed by atoms with E-state index in [0.29, 0.717) is 11.4 Å². The molecule has 0 atom stereocenters. The van der Waals surface area contributed by atoms with Crippen LogP contribution in [0.1, 0.15) is 21.9 Å². The molecule has 4 nitrogen and oxygen atoms in total. The summed E-state index contributed by atoms with van der Waals surface area (Å²) >= 11 is 0. The minimum absolute atomic E-state index is 0.0561. The van der Waals surface area contributed by atoms with Gasteiger partial charge in [0.2, 0.25) is 0 Å². The van der Waals surface area contributed by atoms with Gasteiger partial charge in [-0.1, -0.05) is 12.1 Å². The third-order valence-corrected chi connectivity index (χ3v) is 2.68. The maximum atomic E-state index is 13.9. The van der Waals surface area contributed by atoms with Crippen LogP contribution in [-0.2, 0) is 6.42 Å². The van der Waals surface area contributed by atoms with Crippen LogP contribution in [0.4, 0.5) is 4.39 Å². The Labute approximate surface area is 110 Å². The number of rotatable bonds is 4. The molecule has 1 aromatic heterocycles. The molecule has 0 amide bonds. The molecular weight excluding hydrogens is 247 g/mol. The zero-order chi connectivity index (χ0) is 13.8. The predicted molar refractivity (Wildman–Crippen MR) is 67.8 cm³/mol. The standard InChI is InChI=1S/C14H13FN2O2/c1-9-16-7-6-11(17-9)12(18)8-10-4-3-5-13(19-2)14(10)15/h3-7H,8H2,1-2H3. The number of methoxy groups -OCH3 is 1. The molecule has 19 heavy (non-hydrogen) atoms. The molecule has 1 heterocycles. The van der Waals surface area contributed by atoms with Crippen LogP contribution in [-0.4, -0.2) is 22.9 Å². The summed E-state index contributed by atoms with van der Waals surface area (Å²) in [4.78, 5) is 20.0. The Bertz CT molecular complexity index is 614. The monoisotopic (exact) mass is 260 g/mol. The number of hydrogen-bond donors (Lipinski definition) is 0. The number of nitrogens with zero attached hydrogens (tertiary/aromatic N) is 2. The Hall–Kier alpha value is -2.30. The van der Waals surface area contributed by atoms with Crippen LogP contribution in [0, 0.1) is 12.7 Å². The highest BCUT2D eigenvalue weighted by Gasteiger charge is 2.14. The Morgan fingerprint density at radius 3 is 2.84 bits per heavy atom. The number of Topliss-reactive ketones (excluding diaryl/α,β-unsaturated/α-hetero) is 1. The van der Waals surface area contributed by atoms with E-state index in [9.17, 15) is 9.18 Å². The van der Waals surface area contributed by atoms with E-state index in [0.717, 1.165) is 0 Å². The van der Waals surface area contributed by atoms with E-state index in [2.05, 4.69) is 9.97 Å². The second kappa shape index (κ2) is 5.56. The molecule has 0 aliphatic carbocycles. The van der Waals surface area contributed by atoms with E-state index < -0.39 is 5.82 Å². The van der Waals surface area contributed by atoms with Crippen molar-refractivity contribution in [2.45, 2.75) is 13.3 Å². The number of aromatic nitrogens is 2. The van der Waals surface area contributed by atoms with E-state index >= 15 is 0 Å². The fourth-order valence-electron chi connectivity index (χ4n) is 1.73. The number of carbonyl (C=O) groups excluding carboxylic acids is 1. The van der Waals surface area contributed by atoms with Crippen molar-refractivity contribution < 1.29 is 13.9 Å². The van der Waals surface area contributed by atoms with Gasteiger partial charge in [-0.25, -0.2) is 14.4 Å². The van der Waals surface area contributed by atoms with Crippen molar-refractivity contribution in [3.8, 4) is 5.75 Å². The number of aryl methyl sites for hydroxylation is 1. The molecule has 0 N–H and O–H groups in total. The number of hydrogen-bond acceptors (Lipinski definition) is 4. The van der Waals surface area contributed by atoms with Gasteiger partial charge in [0.25, 0.3) is 0 Å². The van der Waals surface area contributed by atoms with Crippen LogP contribution in [0.25, 0.3) is 0 Å². The molecule has 2 aromatic rings. The Morgan fingerprint density at radius 2 is 2.16 bits per heavy atom. The number of ketones is 1. The summed E-state index contributed by atoms with van der Waals surface area (Å²) in [6, 6.07) is 6.24. The van der Waals surface area contributed by atoms with E-state index in [1.54, 1.807) is 19.1 Å². The van der Waals surface area contributed by atoms with Gasteiger partial charge in [-0.2, -0.15) is 0 Å². The highest BCUT2D eigenvalue weighted by atomic mass is 19.1. The third-order valence-electron chi connectivity index (χ3n) is 2.68. The molecule has 0 fully saturated rings. The summed E-state index contributed by atoms with van der Waals surface area (Å²) in [5.41, 5.74) is 0.579. The van der Waals surface area contributed by atoms with Gasteiger partial charge < -0.3 is 4.74 Å². The van der Waals surface area contributed by atoms with E-state index in [1.165, 1.54) is 25.4 Å². The molecule has 0 saturated heterocycles. The molecule has 5 heteroatoms. The molecule has 0 bridgehead atoms. The summed E-state index contributed by atoms with van der Waals surface area (Å²) in [5.74, 6) is -0.122. The van der Waals surface area contributed by atoms with Crippen LogP contribution in [0.15, 0.2) is 30.5 Å². The molecule has 98 valence electrons. The molecule has 0 aliphatic rings. The fourth-order valence-corrected chi connectivity index (χ4v) is 1.73. The first kappa shape index (κ1) is 13.1. The van der Waals surface area contributed by atoms with Gasteiger partial charge in [0.15, 0.2) is 17.3 Å². The Kier molecular flexibility index (Phi) is 3.85. The highest BCUT2D eigenvalue weighted by molar-refractivity contribution is 5.95. The van der Waals surface area contributed by atoms with Crippen molar-refractivity contribution in [3.05, 3.63) is 53.4 Å². The molecule has 0 radical (unpaired) electrons. The predicted octanol–water partition coefficient (Wildman–Crippen LogP) is 2.36. The van der Waals surface area contributed by atoms with E-state index in [-0.39, 0.29) is 23.6 Å². The Morgan fingerprint density at radius 1 is 1.37 bits per heavy atom. The average molecular weight is 260 g/mol. The zero-order valence-electron chi connectivity index (χ0n) is 10.7. The first-order chi connectivity index (χ1) is 9.11. The van der Waals surface area contributed by atoms with Gasteiger partial charge in [0.05, 0.1) is 7.11 Å². The van der Waals surface area contributed by atoms with Gasteiger partial charge in [-0.15, -0.1) is 0 Å². The van der Waals surface area contributed by atoms with Crippen molar-refractivity contribution in [1.29, 1.82) is 0 Å². The lowest BCUT2D eigenvalue weighted by Gasteiger charge is -2.06. The molecule has 0 saturated carbocycles. The fraction of sp³-hybridized carbons (Fsp3) is 0.214. The van der Waals surface area contributed by atoms with E-state index in [1.807, 2.05) is 0 Å². The summed E-state index contributed by atoms with van der Waals surface area (Å²) in [6.07, 6.45) is 1.46. The van der Waals surface area contributed by atoms with Crippen LogP contribution < -0.4 is 4.74 Å². The molecule has 0 spiro atoms. The Balaban J connectivity index is 2.24. The quantitative estimate of drug-likeness (QED) is 0.792. The summed E-state index contributed by atoms with van der Waals surface area (Å²) < 4.78 is 18.8. The summed E-state index contributed by atoms with van der Waals surface area (Å²) in [6.45, 7) is 1.70. The normalized spacial score (nSPS) is 10.3. The van der Waals surface area contributed by atoms with Crippen LogP contribution >= 0.6 is 0 Å². The number of carbonyl (C=O) groups is 1. The summed E-state index contributed by atoms with van der Waals surface area (Å²) in [7, 11) is 1.39. The smallest absolute Gasteiger partial charge is 0.185 e. The molecule has 0 aliphatic heterocycles. The maximum absolute atomic E-state index is 13.9. The van der Waals surface area contributed by atoms with Crippen molar-refractivity contribution in [2.24, 2.45) is 0 Å². The van der Waals surface area contributed by atoms with Crippen LogP contribution in [0.3, 0.4) is 0 Å². The summed E-state index contributed by atoms with van der Waals surface area (Å²) in [5, 5.41) is 0. The second-order valence-electron chi connectivity index (χ2n) is 4.02. The van der Waals surface area contributed by atoms with Gasteiger partial charge >= 0.3 is 0 Å². The van der Waals surface area contributed by atoms with Crippen LogP contribution in [0.2, 0.25) is 0 Å². The van der Waals surface area contributed by atoms with Gasteiger partial charge in [0, 0.05) is 12.6 Å². The topological polar surface area (TPSA) is 52.1 Å². The van der Waals surface area contributed by atoms with Crippen molar-refractivity contribution in [2.75, 3.05) is 7.11 Å². The lowest BCUT2D eigenvalue weighted by Crippen LogP contribution is -2.09. The minimum atomic E-state index is -0.510. The lowest BCUT2D eigenvalue weighted by molar-refractivity contribution is 0.0986. The van der Waals surface area contributed by atoms with Crippen molar-refractivity contribution in [1.82, 2.24) is 9.97 Å². The highest BCUT2D eigenvalue weighted by Crippen LogP contribution is 2.21. The maximum Gasteiger partial charge on any atom is 0.185 e. The van der Waals surface area contributed by atoms with Gasteiger partial charge in [-0.05, 0) is 24.6 Å². The zero-order valence-corrected chi connectivity index (χ0v) is 10.7. The van der Waals surface area contributed by atoms with Crippen molar-refractivity contribution in [3.63, 3.8) is 0 Å². The number of ether oxygens (including phenoxy) is 1. The first-order valence-electron chi connectivity index (χ1n) is 5.76. The molecule has 1 aromatic carbocycles. The van der Waals surface area contributed by atoms with Gasteiger partial charge in [-0.3, -0.25) is 4.79 Å². The van der Waals surface area contributed by atoms with Gasteiger partial charge in [0.1, 0.15) is 11.5 Å². The molecule has 0 unspecified atom stereocenters. The minimum Gasteiger partial charge on any atom is -0.494 e. The SMILES string of the molecule is COc1cccc(CC(=O)c2ccnc(C)n2)c1F. The third kappa shape index (κ3) is 2.93. The molecule has 2 rings (SSSR count). The van der Waals surface area contributed by atoms with Crippen molar-refractivity contribution >= 4 is 5.78 Å². The van der Waals surface area contributed by atoms with Crippen LogP contribution in [0.5, 0.6) is 5.75 Å². The first-order valence-corrected chi connectivity index (χ1v) is 5.76. The number of halogens is 1. The van der Waals surface area contributed by atoms with E-state index in [4.69, 9.17) is 4.74 Å². The largest absolute Gasteiger partial charge is 0.494 e. The number of benzene rings is 1.